The summed E-state index contributed by atoms with van der Waals surface area (Å²) >= 11 is 1.51. The first-order valence-corrected chi connectivity index (χ1v) is 11.0. The summed E-state index contributed by atoms with van der Waals surface area (Å²) in [4.78, 5) is 30.8. The zero-order valence-electron chi connectivity index (χ0n) is 17.5. The van der Waals surface area contributed by atoms with Gasteiger partial charge in [0.15, 0.2) is 6.10 Å². The highest BCUT2D eigenvalue weighted by Crippen LogP contribution is 2.41. The van der Waals surface area contributed by atoms with Crippen molar-refractivity contribution in [1.82, 2.24) is 4.90 Å². The minimum atomic E-state index is -0.744. The molecule has 31 heavy (non-hydrogen) atoms. The average molecular weight is 433 g/mol. The highest BCUT2D eigenvalue weighted by atomic mass is 32.2. The van der Waals surface area contributed by atoms with Gasteiger partial charge in [0.1, 0.15) is 11.0 Å². The highest BCUT2D eigenvalue weighted by Gasteiger charge is 2.37. The molecule has 4 rings (SSSR count). The summed E-state index contributed by atoms with van der Waals surface area (Å²) in [5.41, 5.74) is 1.60. The minimum absolute atomic E-state index is 0.0765. The Morgan fingerprint density at radius 2 is 1.55 bits per heavy atom. The van der Waals surface area contributed by atoms with Crippen LogP contribution in [0, 0.1) is 0 Å². The highest BCUT2D eigenvalue weighted by molar-refractivity contribution is 8.00. The minimum Gasteiger partial charge on any atom is -0.476 e. The van der Waals surface area contributed by atoms with E-state index in [1.54, 1.807) is 25.1 Å². The Morgan fingerprint density at radius 1 is 0.935 bits per heavy atom. The number of thioether (sulfide) groups is 1. The Labute approximate surface area is 186 Å². The topological polar surface area (TPSA) is 49.9 Å². The van der Waals surface area contributed by atoms with Gasteiger partial charge < -0.3 is 14.5 Å². The Hall–Kier alpha value is -3.25. The zero-order chi connectivity index (χ0) is 21.8. The molecule has 6 heteroatoms. The van der Waals surface area contributed by atoms with Crippen molar-refractivity contribution in [3.05, 3.63) is 90.5 Å². The number of nitrogens with zero attached hydrogens (tertiary/aromatic N) is 2. The molecule has 3 aromatic carbocycles. The van der Waals surface area contributed by atoms with Gasteiger partial charge in [0.2, 0.25) is 5.91 Å². The van der Waals surface area contributed by atoms with E-state index in [-0.39, 0.29) is 18.4 Å². The summed E-state index contributed by atoms with van der Waals surface area (Å²) in [5.74, 6) is 0.297. The van der Waals surface area contributed by atoms with Crippen LogP contribution >= 0.6 is 11.8 Å². The predicted molar refractivity (Wildman–Crippen MR) is 123 cm³/mol. The molecule has 2 atom stereocenters. The van der Waals surface area contributed by atoms with Gasteiger partial charge >= 0.3 is 0 Å². The number of hydrogen-bond donors (Lipinski definition) is 0. The molecule has 0 saturated heterocycles. The third-order valence-electron chi connectivity index (χ3n) is 5.08. The summed E-state index contributed by atoms with van der Waals surface area (Å²) in [6.07, 6.45) is -0.744. The maximum atomic E-state index is 13.9. The number of para-hydroxylation sites is 2. The van der Waals surface area contributed by atoms with E-state index >= 15 is 0 Å². The van der Waals surface area contributed by atoms with Crippen LogP contribution in [0.25, 0.3) is 0 Å². The SMILES string of the molecule is CN(C)C(=O)C1CN(C(=O)C(Sc2ccccc2)c2ccccc2)c2ccccc2O1. The first-order valence-electron chi connectivity index (χ1n) is 10.1. The number of ether oxygens (including phenoxy) is 1. The van der Waals surface area contributed by atoms with Crippen LogP contribution in [0.4, 0.5) is 5.69 Å². The van der Waals surface area contributed by atoms with Gasteiger partial charge in [-0.1, -0.05) is 60.7 Å². The van der Waals surface area contributed by atoms with Crippen LogP contribution < -0.4 is 9.64 Å². The molecule has 1 aliphatic heterocycles. The lowest BCUT2D eigenvalue weighted by Gasteiger charge is -2.36. The molecule has 0 aromatic heterocycles. The molecule has 0 fully saturated rings. The van der Waals surface area contributed by atoms with Crippen molar-refractivity contribution in [2.75, 3.05) is 25.5 Å². The van der Waals surface area contributed by atoms with Gasteiger partial charge in [-0.15, -0.1) is 11.8 Å². The van der Waals surface area contributed by atoms with E-state index in [0.29, 0.717) is 11.4 Å². The lowest BCUT2D eigenvalue weighted by molar-refractivity contribution is -0.136. The first-order chi connectivity index (χ1) is 15.0. The number of rotatable bonds is 5. The summed E-state index contributed by atoms with van der Waals surface area (Å²) in [5, 5.41) is -0.454. The van der Waals surface area contributed by atoms with Crippen LogP contribution in [0.3, 0.4) is 0 Å². The molecular formula is C25H24N2O3S. The Balaban J connectivity index is 1.72. The van der Waals surface area contributed by atoms with Crippen molar-refractivity contribution < 1.29 is 14.3 Å². The molecule has 1 heterocycles. The van der Waals surface area contributed by atoms with E-state index in [4.69, 9.17) is 4.74 Å². The van der Waals surface area contributed by atoms with Crippen molar-refractivity contribution >= 4 is 29.3 Å². The van der Waals surface area contributed by atoms with Crippen LogP contribution in [0.15, 0.2) is 89.8 Å². The summed E-state index contributed by atoms with van der Waals surface area (Å²) in [6, 6.07) is 27.0. The van der Waals surface area contributed by atoms with E-state index in [2.05, 4.69) is 0 Å². The van der Waals surface area contributed by atoms with E-state index < -0.39 is 11.4 Å². The van der Waals surface area contributed by atoms with Crippen LogP contribution in [0.1, 0.15) is 10.8 Å². The first kappa shape index (κ1) is 21.0. The second-order valence-corrected chi connectivity index (χ2v) is 8.66. The molecule has 2 amide bonds. The predicted octanol–water partition coefficient (Wildman–Crippen LogP) is 4.40. The van der Waals surface area contributed by atoms with Gasteiger partial charge in [-0.05, 0) is 29.8 Å². The van der Waals surface area contributed by atoms with Crippen LogP contribution in [0.5, 0.6) is 5.75 Å². The fourth-order valence-electron chi connectivity index (χ4n) is 3.53. The normalized spacial score (nSPS) is 16.1. The molecule has 5 nitrogen and oxygen atoms in total. The van der Waals surface area contributed by atoms with E-state index in [9.17, 15) is 9.59 Å². The van der Waals surface area contributed by atoms with E-state index in [1.165, 1.54) is 16.7 Å². The fourth-order valence-corrected chi connectivity index (χ4v) is 4.63. The van der Waals surface area contributed by atoms with Crippen molar-refractivity contribution in [1.29, 1.82) is 0 Å². The lowest BCUT2D eigenvalue weighted by atomic mass is 10.1. The van der Waals surface area contributed by atoms with Gasteiger partial charge in [-0.25, -0.2) is 0 Å². The van der Waals surface area contributed by atoms with Crippen LogP contribution in [-0.2, 0) is 9.59 Å². The monoisotopic (exact) mass is 432 g/mol. The molecule has 158 valence electrons. The maximum Gasteiger partial charge on any atom is 0.265 e. The standard InChI is InChI=1S/C25H24N2O3S/c1-26(2)24(28)22-17-27(20-15-9-10-16-21(20)30-22)25(29)23(18-11-5-3-6-12-18)31-19-13-7-4-8-14-19/h3-16,22-23H,17H2,1-2H3. The van der Waals surface area contributed by atoms with Crippen molar-refractivity contribution in [2.24, 2.45) is 0 Å². The van der Waals surface area contributed by atoms with E-state index in [1.807, 2.05) is 78.9 Å². The maximum absolute atomic E-state index is 13.9. The second-order valence-electron chi connectivity index (χ2n) is 7.48. The summed E-state index contributed by atoms with van der Waals surface area (Å²) < 4.78 is 5.95. The number of hydrogen-bond acceptors (Lipinski definition) is 4. The summed E-state index contributed by atoms with van der Waals surface area (Å²) in [6.45, 7) is 0.172. The average Bonchev–Trinajstić information content (AvgIpc) is 2.82. The molecule has 3 aromatic rings. The quantitative estimate of drug-likeness (QED) is 0.561. The van der Waals surface area contributed by atoms with Gasteiger partial charge in [0.05, 0.1) is 12.2 Å². The molecule has 0 radical (unpaired) electrons. The Bertz CT molecular complexity index is 1060. The van der Waals surface area contributed by atoms with E-state index in [0.717, 1.165) is 10.5 Å². The van der Waals surface area contributed by atoms with Gasteiger partial charge in [-0.2, -0.15) is 0 Å². The van der Waals surface area contributed by atoms with Crippen molar-refractivity contribution in [3.63, 3.8) is 0 Å². The number of likely N-dealkylation sites (N-methyl/N-ethyl adjacent to an activating group) is 1. The summed E-state index contributed by atoms with van der Waals surface area (Å²) in [7, 11) is 3.38. The van der Waals surface area contributed by atoms with Gasteiger partial charge in [-0.3, -0.25) is 9.59 Å². The van der Waals surface area contributed by atoms with Gasteiger partial charge in [0, 0.05) is 19.0 Å². The second kappa shape index (κ2) is 9.27. The fraction of sp³-hybridized carbons (Fsp3) is 0.200. The lowest BCUT2D eigenvalue weighted by Crippen LogP contribution is -2.51. The number of amides is 2. The van der Waals surface area contributed by atoms with Gasteiger partial charge in [0.25, 0.3) is 5.91 Å². The van der Waals surface area contributed by atoms with Crippen molar-refractivity contribution in [3.8, 4) is 5.75 Å². The molecule has 0 saturated carbocycles. The molecule has 0 spiro atoms. The molecule has 2 unspecified atom stereocenters. The number of anilines is 1. The third kappa shape index (κ3) is 4.59. The Kier molecular flexibility index (Phi) is 6.28. The number of benzene rings is 3. The largest absolute Gasteiger partial charge is 0.476 e. The zero-order valence-corrected chi connectivity index (χ0v) is 18.3. The number of carbonyl (C=O) groups excluding carboxylic acids is 2. The molecule has 0 aliphatic carbocycles. The number of fused-ring (bicyclic) bond motifs is 1. The molecular weight excluding hydrogens is 408 g/mol. The number of carbonyl (C=O) groups is 2. The molecule has 0 bridgehead atoms. The van der Waals surface area contributed by atoms with Crippen molar-refractivity contribution in [2.45, 2.75) is 16.2 Å². The van der Waals surface area contributed by atoms with Crippen LogP contribution in [0.2, 0.25) is 0 Å². The molecule has 1 aliphatic rings. The smallest absolute Gasteiger partial charge is 0.265 e. The molecule has 0 N–H and O–H groups in total. The Morgan fingerprint density at radius 3 is 2.23 bits per heavy atom. The van der Waals surface area contributed by atoms with Crippen LogP contribution in [-0.4, -0.2) is 43.5 Å². The third-order valence-corrected chi connectivity index (χ3v) is 6.33.